The van der Waals surface area contributed by atoms with Crippen LogP contribution in [-0.2, 0) is 26.2 Å². The Balaban J connectivity index is 1.67. The summed E-state index contributed by atoms with van der Waals surface area (Å²) in [5.74, 6) is -0.377. The highest BCUT2D eigenvalue weighted by Crippen LogP contribution is 2.26. The topological polar surface area (TPSA) is 96.0 Å². The number of anilines is 1. The molecule has 0 aliphatic carbocycles. The molecule has 1 N–H and O–H groups in total. The number of hydrogen-bond donors (Lipinski definition) is 1. The molecule has 2 aromatic carbocycles. The van der Waals surface area contributed by atoms with E-state index in [9.17, 15) is 18.0 Å². The van der Waals surface area contributed by atoms with Crippen molar-refractivity contribution < 1.29 is 22.7 Å². The second-order valence-corrected chi connectivity index (χ2v) is 9.54. The summed E-state index contributed by atoms with van der Waals surface area (Å²) < 4.78 is 33.4. The molecular formula is C23H27N3O5S. The fourth-order valence-electron chi connectivity index (χ4n) is 3.77. The summed E-state index contributed by atoms with van der Waals surface area (Å²) in [4.78, 5) is 25.6. The minimum atomic E-state index is -3.79. The lowest BCUT2D eigenvalue weighted by molar-refractivity contribution is -0.111. The van der Waals surface area contributed by atoms with Crippen molar-refractivity contribution in [1.82, 2.24) is 9.21 Å². The molecule has 8 nitrogen and oxygen atoms in total. The monoisotopic (exact) mass is 457 g/mol. The van der Waals surface area contributed by atoms with Crippen LogP contribution in [0.15, 0.2) is 72.1 Å². The van der Waals surface area contributed by atoms with Crippen molar-refractivity contribution in [3.8, 4) is 0 Å². The summed E-state index contributed by atoms with van der Waals surface area (Å²) in [6.07, 6.45) is 0.671. The maximum Gasteiger partial charge on any atom is 0.410 e. The van der Waals surface area contributed by atoms with Gasteiger partial charge < -0.3 is 15.0 Å². The summed E-state index contributed by atoms with van der Waals surface area (Å²) in [5.41, 5.74) is 1.36. The molecule has 170 valence electrons. The number of nitrogens with one attached hydrogen (secondary N) is 1. The average molecular weight is 458 g/mol. The van der Waals surface area contributed by atoms with Crippen molar-refractivity contribution in [3.63, 3.8) is 0 Å². The minimum absolute atomic E-state index is 0.118. The Kier molecular flexibility index (Phi) is 7.32. The third kappa shape index (κ3) is 5.35. The molecule has 9 heteroatoms. The van der Waals surface area contributed by atoms with E-state index in [0.717, 1.165) is 11.6 Å². The van der Waals surface area contributed by atoms with Crippen LogP contribution < -0.4 is 5.32 Å². The van der Waals surface area contributed by atoms with E-state index in [4.69, 9.17) is 4.74 Å². The van der Waals surface area contributed by atoms with Crippen molar-refractivity contribution >= 4 is 27.7 Å². The zero-order valence-corrected chi connectivity index (χ0v) is 18.9. The molecule has 0 bridgehead atoms. The van der Waals surface area contributed by atoms with Gasteiger partial charge in [-0.3, -0.25) is 4.79 Å². The predicted octanol–water partition coefficient (Wildman–Crippen LogP) is 3.23. The van der Waals surface area contributed by atoms with Crippen LogP contribution in [0.4, 0.5) is 10.5 Å². The highest BCUT2D eigenvalue weighted by Gasteiger charge is 2.40. The van der Waals surface area contributed by atoms with Gasteiger partial charge >= 0.3 is 6.09 Å². The summed E-state index contributed by atoms with van der Waals surface area (Å²) in [6.45, 7) is 7.54. The van der Waals surface area contributed by atoms with Crippen LogP contribution in [0.2, 0.25) is 0 Å². The second-order valence-electron chi connectivity index (χ2n) is 7.70. The number of amides is 2. The third-order valence-corrected chi connectivity index (χ3v) is 7.33. The SMILES string of the molecule is C=CC(=O)Nc1ccc(S(=O)(=O)N2C(C)CN(C(=O)OCc3ccccc3)CC2C)cc1. The molecule has 1 saturated heterocycles. The number of rotatable bonds is 6. The van der Waals surface area contributed by atoms with Gasteiger partial charge in [-0.2, -0.15) is 4.31 Å². The molecule has 2 unspecified atom stereocenters. The average Bonchev–Trinajstić information content (AvgIpc) is 2.77. The van der Waals surface area contributed by atoms with E-state index in [1.54, 1.807) is 13.8 Å². The van der Waals surface area contributed by atoms with Crippen LogP contribution in [-0.4, -0.2) is 54.8 Å². The van der Waals surface area contributed by atoms with Crippen LogP contribution in [0.1, 0.15) is 19.4 Å². The van der Waals surface area contributed by atoms with Gasteiger partial charge in [0.25, 0.3) is 0 Å². The Morgan fingerprint density at radius 2 is 1.66 bits per heavy atom. The molecule has 0 radical (unpaired) electrons. The van der Waals surface area contributed by atoms with E-state index in [0.29, 0.717) is 5.69 Å². The lowest BCUT2D eigenvalue weighted by atomic mass is 10.1. The number of carbonyl (C=O) groups excluding carboxylic acids is 2. The molecule has 0 spiro atoms. The number of sulfonamides is 1. The fourth-order valence-corrected chi connectivity index (χ4v) is 5.57. The first-order valence-electron chi connectivity index (χ1n) is 10.2. The third-order valence-electron chi connectivity index (χ3n) is 5.18. The van der Waals surface area contributed by atoms with Gasteiger partial charge in [0.05, 0.1) is 4.90 Å². The Bertz CT molecular complexity index is 1060. The Morgan fingerprint density at radius 1 is 1.06 bits per heavy atom. The van der Waals surface area contributed by atoms with Crippen molar-refractivity contribution in [2.75, 3.05) is 18.4 Å². The van der Waals surface area contributed by atoms with E-state index in [2.05, 4.69) is 11.9 Å². The van der Waals surface area contributed by atoms with Crippen LogP contribution >= 0.6 is 0 Å². The molecular weight excluding hydrogens is 430 g/mol. The molecule has 32 heavy (non-hydrogen) atoms. The lowest BCUT2D eigenvalue weighted by Crippen LogP contribution is -2.59. The van der Waals surface area contributed by atoms with Crippen molar-refractivity contribution in [2.45, 2.75) is 37.4 Å². The van der Waals surface area contributed by atoms with Crippen molar-refractivity contribution in [3.05, 3.63) is 72.8 Å². The normalized spacial score (nSPS) is 19.2. The van der Waals surface area contributed by atoms with Gasteiger partial charge in [-0.15, -0.1) is 0 Å². The summed E-state index contributed by atoms with van der Waals surface area (Å²) in [7, 11) is -3.79. The first kappa shape index (κ1) is 23.5. The Morgan fingerprint density at radius 3 is 2.22 bits per heavy atom. The maximum absolute atomic E-state index is 13.3. The lowest BCUT2D eigenvalue weighted by Gasteiger charge is -2.42. The number of piperazine rings is 1. The van der Waals surface area contributed by atoms with Gasteiger partial charge in [-0.05, 0) is 49.8 Å². The quantitative estimate of drug-likeness (QED) is 0.672. The fraction of sp³-hybridized carbons (Fsp3) is 0.304. The zero-order chi connectivity index (χ0) is 23.3. The number of hydrogen-bond acceptors (Lipinski definition) is 5. The van der Waals surface area contributed by atoms with Gasteiger partial charge in [0.15, 0.2) is 0 Å². The van der Waals surface area contributed by atoms with E-state index < -0.39 is 28.2 Å². The van der Waals surface area contributed by atoms with E-state index in [1.165, 1.54) is 33.5 Å². The second kappa shape index (κ2) is 9.97. The Labute approximate surface area is 188 Å². The van der Waals surface area contributed by atoms with Crippen LogP contribution in [0.3, 0.4) is 0 Å². The van der Waals surface area contributed by atoms with Gasteiger partial charge in [0.1, 0.15) is 6.61 Å². The van der Waals surface area contributed by atoms with Gasteiger partial charge in [-0.1, -0.05) is 36.9 Å². The zero-order valence-electron chi connectivity index (χ0n) is 18.1. The first-order chi connectivity index (χ1) is 15.2. The molecule has 2 aromatic rings. The molecule has 1 heterocycles. The van der Waals surface area contributed by atoms with E-state index >= 15 is 0 Å². The van der Waals surface area contributed by atoms with Crippen LogP contribution in [0, 0.1) is 0 Å². The van der Waals surface area contributed by atoms with Gasteiger partial charge in [0.2, 0.25) is 15.9 Å². The van der Waals surface area contributed by atoms with Gasteiger partial charge in [-0.25, -0.2) is 13.2 Å². The van der Waals surface area contributed by atoms with Gasteiger partial charge in [0, 0.05) is 30.9 Å². The predicted molar refractivity (Wildman–Crippen MR) is 121 cm³/mol. The number of nitrogens with zero attached hydrogens (tertiary/aromatic N) is 2. The number of benzene rings is 2. The highest BCUT2D eigenvalue weighted by molar-refractivity contribution is 7.89. The maximum atomic E-state index is 13.3. The largest absolute Gasteiger partial charge is 0.445 e. The first-order valence-corrected chi connectivity index (χ1v) is 11.7. The van der Waals surface area contributed by atoms with E-state index in [-0.39, 0.29) is 30.5 Å². The van der Waals surface area contributed by atoms with Crippen LogP contribution in [0.25, 0.3) is 0 Å². The molecule has 0 saturated carbocycles. The van der Waals surface area contributed by atoms with E-state index in [1.807, 2.05) is 30.3 Å². The number of carbonyl (C=O) groups is 2. The standard InChI is InChI=1S/C23H27N3O5S/c1-4-22(27)24-20-10-12-21(13-11-20)32(29,30)26-17(2)14-25(15-18(26)3)23(28)31-16-19-8-6-5-7-9-19/h4-13,17-18H,1,14-16H2,2-3H3,(H,24,27). The summed E-state index contributed by atoms with van der Waals surface area (Å²) in [5, 5.41) is 2.59. The molecule has 1 aliphatic rings. The minimum Gasteiger partial charge on any atom is -0.445 e. The molecule has 0 aromatic heterocycles. The molecule has 1 fully saturated rings. The molecule has 3 rings (SSSR count). The highest BCUT2D eigenvalue weighted by atomic mass is 32.2. The molecule has 1 aliphatic heterocycles. The molecule has 2 atom stereocenters. The van der Waals surface area contributed by atoms with Crippen molar-refractivity contribution in [1.29, 1.82) is 0 Å². The summed E-state index contributed by atoms with van der Waals surface area (Å²) >= 11 is 0. The van der Waals surface area contributed by atoms with Crippen molar-refractivity contribution in [2.24, 2.45) is 0 Å². The smallest absolute Gasteiger partial charge is 0.410 e. The summed E-state index contributed by atoms with van der Waals surface area (Å²) in [6, 6.07) is 14.5. The Hall–Kier alpha value is -3.17. The molecule has 2 amide bonds. The van der Waals surface area contributed by atoms with Crippen LogP contribution in [0.5, 0.6) is 0 Å². The number of ether oxygens (including phenoxy) is 1.